The normalized spacial score (nSPS) is 12.4. The van der Waals surface area contributed by atoms with Crippen LogP contribution in [-0.2, 0) is 6.54 Å². The fraction of sp³-hybridized carbons (Fsp3) is 0.158. The van der Waals surface area contributed by atoms with Gasteiger partial charge in [-0.25, -0.2) is 4.68 Å². The number of nitro groups is 1. The lowest BCUT2D eigenvalue weighted by atomic mass is 10.2. The van der Waals surface area contributed by atoms with Crippen molar-refractivity contribution in [2.24, 2.45) is 0 Å². The van der Waals surface area contributed by atoms with Gasteiger partial charge in [-0.2, -0.15) is 5.10 Å². The molecule has 1 aliphatic rings. The summed E-state index contributed by atoms with van der Waals surface area (Å²) in [4.78, 5) is 22.8. The molecule has 2 aromatic carbocycles. The molecule has 0 spiro atoms. The molecule has 9 nitrogen and oxygen atoms in total. The van der Waals surface area contributed by atoms with Gasteiger partial charge in [0, 0.05) is 24.9 Å². The van der Waals surface area contributed by atoms with Crippen molar-refractivity contribution in [2.45, 2.75) is 6.54 Å². The van der Waals surface area contributed by atoms with E-state index in [9.17, 15) is 14.9 Å². The number of hydrogen-bond acceptors (Lipinski definition) is 6. The van der Waals surface area contributed by atoms with E-state index >= 15 is 0 Å². The summed E-state index contributed by atoms with van der Waals surface area (Å²) in [5.74, 6) is 1.00. The van der Waals surface area contributed by atoms with Crippen molar-refractivity contribution >= 4 is 11.6 Å². The number of nitrogens with one attached hydrogen (secondary N) is 1. The van der Waals surface area contributed by atoms with Crippen LogP contribution in [0.2, 0.25) is 0 Å². The Balaban J connectivity index is 1.43. The summed E-state index contributed by atoms with van der Waals surface area (Å²) in [5.41, 5.74) is 1.54. The molecule has 0 atom stereocenters. The third kappa shape index (κ3) is 3.63. The fourth-order valence-corrected chi connectivity index (χ4v) is 2.81. The van der Waals surface area contributed by atoms with E-state index in [2.05, 4.69) is 10.4 Å². The van der Waals surface area contributed by atoms with Crippen molar-refractivity contribution < 1.29 is 19.2 Å². The first kappa shape index (κ1) is 17.5. The second kappa shape index (κ2) is 7.39. The Morgan fingerprint density at radius 1 is 1.14 bits per heavy atom. The van der Waals surface area contributed by atoms with Crippen LogP contribution in [0.3, 0.4) is 0 Å². The van der Waals surface area contributed by atoms with Crippen LogP contribution in [0.1, 0.15) is 16.1 Å². The van der Waals surface area contributed by atoms with E-state index in [-0.39, 0.29) is 17.3 Å². The van der Waals surface area contributed by atoms with Gasteiger partial charge in [0.2, 0.25) is 0 Å². The van der Waals surface area contributed by atoms with Crippen LogP contribution in [0.4, 0.5) is 5.69 Å². The quantitative estimate of drug-likeness (QED) is 0.538. The number of nitro benzene ring substituents is 1. The minimum atomic E-state index is -0.478. The molecule has 2 heterocycles. The van der Waals surface area contributed by atoms with Crippen LogP contribution in [0, 0.1) is 10.1 Å². The summed E-state index contributed by atoms with van der Waals surface area (Å²) >= 11 is 0. The first-order valence-corrected chi connectivity index (χ1v) is 8.57. The van der Waals surface area contributed by atoms with Crippen molar-refractivity contribution in [3.05, 3.63) is 76.1 Å². The number of amides is 1. The molecule has 1 aliphatic heterocycles. The van der Waals surface area contributed by atoms with Crippen molar-refractivity contribution in [3.8, 4) is 17.2 Å². The number of aromatic nitrogens is 2. The second-order valence-corrected chi connectivity index (χ2v) is 6.08. The molecule has 0 unspecified atom stereocenters. The summed E-state index contributed by atoms with van der Waals surface area (Å²) in [6.45, 7) is 1.33. The maximum atomic E-state index is 12.4. The molecule has 0 saturated carbocycles. The van der Waals surface area contributed by atoms with E-state index in [1.54, 1.807) is 24.4 Å². The Kier molecular flexibility index (Phi) is 4.63. The summed E-state index contributed by atoms with van der Waals surface area (Å²) in [6.07, 6.45) is 1.58. The van der Waals surface area contributed by atoms with E-state index in [0.717, 1.165) is 5.56 Å². The third-order valence-electron chi connectivity index (χ3n) is 4.19. The van der Waals surface area contributed by atoms with E-state index in [1.807, 2.05) is 18.2 Å². The summed E-state index contributed by atoms with van der Waals surface area (Å²) < 4.78 is 12.4. The zero-order valence-electron chi connectivity index (χ0n) is 14.7. The smallest absolute Gasteiger partial charge is 0.272 e. The van der Waals surface area contributed by atoms with E-state index in [1.165, 1.54) is 16.8 Å². The van der Waals surface area contributed by atoms with Gasteiger partial charge in [0.15, 0.2) is 17.2 Å². The first-order valence-electron chi connectivity index (χ1n) is 8.57. The van der Waals surface area contributed by atoms with Crippen molar-refractivity contribution in [1.82, 2.24) is 15.1 Å². The maximum absolute atomic E-state index is 12.4. The third-order valence-corrected chi connectivity index (χ3v) is 4.19. The number of ether oxygens (including phenoxy) is 2. The number of non-ortho nitro benzene ring substituents is 1. The molecule has 28 heavy (non-hydrogen) atoms. The molecule has 9 heteroatoms. The maximum Gasteiger partial charge on any atom is 0.272 e. The Morgan fingerprint density at radius 2 is 1.96 bits per heavy atom. The molecule has 3 aromatic rings. The number of nitrogens with zero attached hydrogens (tertiary/aromatic N) is 3. The number of carbonyl (C=O) groups excluding carboxylic acids is 1. The average molecular weight is 380 g/mol. The van der Waals surface area contributed by atoms with Crippen molar-refractivity contribution in [1.29, 1.82) is 0 Å². The molecule has 0 bridgehead atoms. The molecule has 0 saturated heterocycles. The van der Waals surface area contributed by atoms with Gasteiger partial charge < -0.3 is 14.8 Å². The number of carbonyl (C=O) groups is 1. The predicted molar refractivity (Wildman–Crippen MR) is 98.8 cm³/mol. The lowest BCUT2D eigenvalue weighted by molar-refractivity contribution is -0.384. The van der Waals surface area contributed by atoms with E-state index in [0.29, 0.717) is 36.9 Å². The SMILES string of the molecule is O=C(NCc1ccc2c(c1)OCCO2)c1ccn(-c2cccc([N+](=O)[O-])c2)n1. The van der Waals surface area contributed by atoms with Gasteiger partial charge in [0.25, 0.3) is 11.6 Å². The Hall–Kier alpha value is -3.88. The molecule has 1 aromatic heterocycles. The zero-order valence-corrected chi connectivity index (χ0v) is 14.7. The Labute approximate surface area is 159 Å². The van der Waals surface area contributed by atoms with Gasteiger partial charge in [0.1, 0.15) is 13.2 Å². The van der Waals surface area contributed by atoms with Gasteiger partial charge in [-0.05, 0) is 29.8 Å². The summed E-state index contributed by atoms with van der Waals surface area (Å²) in [6, 6.07) is 13.1. The Morgan fingerprint density at radius 3 is 2.79 bits per heavy atom. The van der Waals surface area contributed by atoms with Crippen LogP contribution in [0.25, 0.3) is 5.69 Å². The lowest BCUT2D eigenvalue weighted by Gasteiger charge is -2.18. The zero-order chi connectivity index (χ0) is 19.5. The number of rotatable bonds is 5. The second-order valence-electron chi connectivity index (χ2n) is 6.08. The number of benzene rings is 2. The van der Waals surface area contributed by atoms with Crippen LogP contribution in [0.5, 0.6) is 11.5 Å². The monoisotopic (exact) mass is 380 g/mol. The minimum Gasteiger partial charge on any atom is -0.486 e. The predicted octanol–water partition coefficient (Wildman–Crippen LogP) is 2.48. The topological polar surface area (TPSA) is 109 Å². The van der Waals surface area contributed by atoms with Gasteiger partial charge in [-0.3, -0.25) is 14.9 Å². The number of hydrogen-bond donors (Lipinski definition) is 1. The standard InChI is InChI=1S/C19H16N4O5/c24-19(20-12-13-4-5-17-18(10-13)28-9-8-27-17)16-6-7-22(21-16)14-2-1-3-15(11-14)23(25)26/h1-7,10-11H,8-9,12H2,(H,20,24). The fourth-order valence-electron chi connectivity index (χ4n) is 2.81. The van der Waals surface area contributed by atoms with Gasteiger partial charge >= 0.3 is 0 Å². The molecule has 1 amide bonds. The highest BCUT2D eigenvalue weighted by molar-refractivity contribution is 5.92. The molecule has 0 radical (unpaired) electrons. The van der Waals surface area contributed by atoms with Gasteiger partial charge in [-0.15, -0.1) is 0 Å². The van der Waals surface area contributed by atoms with Crippen molar-refractivity contribution in [2.75, 3.05) is 13.2 Å². The first-order chi connectivity index (χ1) is 13.6. The van der Waals surface area contributed by atoms with Crippen LogP contribution in [-0.4, -0.2) is 33.8 Å². The average Bonchev–Trinajstić information content (AvgIpc) is 3.22. The summed E-state index contributed by atoms with van der Waals surface area (Å²) in [7, 11) is 0. The Bertz CT molecular complexity index is 1050. The lowest BCUT2D eigenvalue weighted by Crippen LogP contribution is -2.23. The van der Waals surface area contributed by atoms with Crippen LogP contribution >= 0.6 is 0 Å². The molecular weight excluding hydrogens is 364 g/mol. The molecular formula is C19H16N4O5. The number of fused-ring (bicyclic) bond motifs is 1. The largest absolute Gasteiger partial charge is 0.486 e. The highest BCUT2D eigenvalue weighted by Crippen LogP contribution is 2.30. The highest BCUT2D eigenvalue weighted by atomic mass is 16.6. The van der Waals surface area contributed by atoms with E-state index in [4.69, 9.17) is 9.47 Å². The molecule has 1 N–H and O–H groups in total. The van der Waals surface area contributed by atoms with Crippen molar-refractivity contribution in [3.63, 3.8) is 0 Å². The molecule has 0 aliphatic carbocycles. The highest BCUT2D eigenvalue weighted by Gasteiger charge is 2.14. The van der Waals surface area contributed by atoms with Gasteiger partial charge in [-0.1, -0.05) is 12.1 Å². The van der Waals surface area contributed by atoms with Gasteiger partial charge in [0.05, 0.1) is 10.6 Å². The minimum absolute atomic E-state index is 0.0439. The van der Waals surface area contributed by atoms with Crippen LogP contribution in [0.15, 0.2) is 54.7 Å². The molecule has 142 valence electrons. The molecule has 4 rings (SSSR count). The summed E-state index contributed by atoms with van der Waals surface area (Å²) in [5, 5.41) is 17.9. The van der Waals surface area contributed by atoms with Crippen LogP contribution < -0.4 is 14.8 Å². The molecule has 0 fully saturated rings. The van der Waals surface area contributed by atoms with E-state index < -0.39 is 4.92 Å².